The summed E-state index contributed by atoms with van der Waals surface area (Å²) in [6.45, 7) is 0.687. The number of aromatic hydroxyl groups is 1. The standard InChI is InChI=1S/C15H16N2O2/c1-16-10-12-4-2-3-5-14(12)17-15(19)11-6-8-13(18)9-7-11/h2-9,16,18H,10H2,1H3,(H,17,19). The Bertz CT molecular complexity index is 565. The summed E-state index contributed by atoms with van der Waals surface area (Å²) in [7, 11) is 1.86. The number of phenols is 1. The maximum atomic E-state index is 12.1. The van der Waals surface area contributed by atoms with E-state index in [0.29, 0.717) is 12.1 Å². The Balaban J connectivity index is 2.16. The average Bonchev–Trinajstić information content (AvgIpc) is 2.42. The molecule has 2 aromatic rings. The number of phenolic OH excluding ortho intramolecular Hbond substituents is 1. The van der Waals surface area contributed by atoms with Gasteiger partial charge in [-0.1, -0.05) is 18.2 Å². The van der Waals surface area contributed by atoms with Gasteiger partial charge in [0.2, 0.25) is 0 Å². The minimum absolute atomic E-state index is 0.145. The molecule has 4 nitrogen and oxygen atoms in total. The Morgan fingerprint density at radius 1 is 1.11 bits per heavy atom. The van der Waals surface area contributed by atoms with Crippen molar-refractivity contribution in [1.82, 2.24) is 5.32 Å². The molecule has 0 saturated carbocycles. The highest BCUT2D eigenvalue weighted by Crippen LogP contribution is 2.17. The van der Waals surface area contributed by atoms with E-state index >= 15 is 0 Å². The molecular weight excluding hydrogens is 240 g/mol. The second-order valence-electron chi connectivity index (χ2n) is 4.19. The van der Waals surface area contributed by atoms with Gasteiger partial charge < -0.3 is 15.7 Å². The number of anilines is 1. The van der Waals surface area contributed by atoms with Crippen LogP contribution in [0.15, 0.2) is 48.5 Å². The van der Waals surface area contributed by atoms with Crippen LogP contribution in [0.4, 0.5) is 5.69 Å². The minimum Gasteiger partial charge on any atom is -0.508 e. The summed E-state index contributed by atoms with van der Waals surface area (Å²) >= 11 is 0. The Morgan fingerprint density at radius 3 is 2.47 bits per heavy atom. The smallest absolute Gasteiger partial charge is 0.255 e. The lowest BCUT2D eigenvalue weighted by Crippen LogP contribution is -2.15. The van der Waals surface area contributed by atoms with Crippen LogP contribution in [0.25, 0.3) is 0 Å². The van der Waals surface area contributed by atoms with Crippen molar-refractivity contribution in [2.24, 2.45) is 0 Å². The number of hydrogen-bond donors (Lipinski definition) is 3. The molecule has 3 N–H and O–H groups in total. The van der Waals surface area contributed by atoms with Crippen molar-refractivity contribution in [2.45, 2.75) is 6.54 Å². The molecule has 0 aliphatic rings. The molecule has 0 aliphatic carbocycles. The zero-order valence-electron chi connectivity index (χ0n) is 10.7. The highest BCUT2D eigenvalue weighted by Gasteiger charge is 2.08. The molecule has 0 aromatic heterocycles. The Kier molecular flexibility index (Phi) is 4.15. The summed E-state index contributed by atoms with van der Waals surface area (Å²) in [6, 6.07) is 13.8. The second-order valence-corrected chi connectivity index (χ2v) is 4.19. The molecule has 1 amide bonds. The lowest BCUT2D eigenvalue weighted by Gasteiger charge is -2.10. The monoisotopic (exact) mass is 256 g/mol. The van der Waals surface area contributed by atoms with Gasteiger partial charge in [0.1, 0.15) is 5.75 Å². The molecule has 0 heterocycles. The van der Waals surface area contributed by atoms with E-state index in [0.717, 1.165) is 11.3 Å². The SMILES string of the molecule is CNCc1ccccc1NC(=O)c1ccc(O)cc1. The number of nitrogens with one attached hydrogen (secondary N) is 2. The van der Waals surface area contributed by atoms with Gasteiger partial charge >= 0.3 is 0 Å². The molecule has 0 unspecified atom stereocenters. The molecule has 0 aliphatic heterocycles. The van der Waals surface area contributed by atoms with Crippen LogP contribution in [0.2, 0.25) is 0 Å². The molecule has 2 aromatic carbocycles. The number of amides is 1. The third-order valence-corrected chi connectivity index (χ3v) is 2.76. The third-order valence-electron chi connectivity index (χ3n) is 2.76. The molecule has 0 radical (unpaired) electrons. The third kappa shape index (κ3) is 3.33. The summed E-state index contributed by atoms with van der Waals surface area (Å²) in [5.41, 5.74) is 2.32. The van der Waals surface area contributed by atoms with Crippen LogP contribution in [0.1, 0.15) is 15.9 Å². The van der Waals surface area contributed by atoms with E-state index < -0.39 is 0 Å². The van der Waals surface area contributed by atoms with Crippen molar-refractivity contribution < 1.29 is 9.90 Å². The zero-order chi connectivity index (χ0) is 13.7. The van der Waals surface area contributed by atoms with Crippen LogP contribution in [-0.2, 0) is 6.54 Å². The average molecular weight is 256 g/mol. The van der Waals surface area contributed by atoms with Crippen molar-refractivity contribution >= 4 is 11.6 Å². The van der Waals surface area contributed by atoms with Crippen molar-refractivity contribution in [1.29, 1.82) is 0 Å². The van der Waals surface area contributed by atoms with Gasteiger partial charge in [0, 0.05) is 17.8 Å². The van der Waals surface area contributed by atoms with Crippen LogP contribution in [0, 0.1) is 0 Å². The molecule has 0 bridgehead atoms. The van der Waals surface area contributed by atoms with Gasteiger partial charge in [0.25, 0.3) is 5.91 Å². The van der Waals surface area contributed by atoms with E-state index in [-0.39, 0.29) is 11.7 Å². The van der Waals surface area contributed by atoms with Gasteiger partial charge in [0.05, 0.1) is 0 Å². The lowest BCUT2D eigenvalue weighted by atomic mass is 10.1. The van der Waals surface area contributed by atoms with E-state index in [4.69, 9.17) is 0 Å². The Morgan fingerprint density at radius 2 is 1.79 bits per heavy atom. The van der Waals surface area contributed by atoms with E-state index in [9.17, 15) is 9.90 Å². The minimum atomic E-state index is -0.191. The number of rotatable bonds is 4. The summed E-state index contributed by atoms with van der Waals surface area (Å²) in [5.74, 6) is -0.0457. The molecule has 0 fully saturated rings. The number of carbonyl (C=O) groups excluding carboxylic acids is 1. The van der Waals surface area contributed by atoms with Crippen LogP contribution in [0.5, 0.6) is 5.75 Å². The number of carbonyl (C=O) groups is 1. The maximum absolute atomic E-state index is 12.1. The topological polar surface area (TPSA) is 61.4 Å². The number of benzene rings is 2. The van der Waals surface area contributed by atoms with Crippen molar-refractivity contribution in [2.75, 3.05) is 12.4 Å². The molecule has 19 heavy (non-hydrogen) atoms. The van der Waals surface area contributed by atoms with E-state index in [1.165, 1.54) is 12.1 Å². The van der Waals surface area contributed by atoms with E-state index in [2.05, 4.69) is 10.6 Å². The Labute approximate surface area is 112 Å². The molecule has 2 rings (SSSR count). The maximum Gasteiger partial charge on any atom is 0.255 e. The number of para-hydroxylation sites is 1. The summed E-state index contributed by atoms with van der Waals surface area (Å²) in [4.78, 5) is 12.1. The molecule has 98 valence electrons. The fourth-order valence-corrected chi connectivity index (χ4v) is 1.79. The quantitative estimate of drug-likeness (QED) is 0.787. The van der Waals surface area contributed by atoms with Crippen molar-refractivity contribution in [3.8, 4) is 5.75 Å². The van der Waals surface area contributed by atoms with E-state index in [1.54, 1.807) is 12.1 Å². The van der Waals surface area contributed by atoms with Gasteiger partial charge in [-0.2, -0.15) is 0 Å². The zero-order valence-corrected chi connectivity index (χ0v) is 10.7. The molecular formula is C15H16N2O2. The first-order valence-electron chi connectivity index (χ1n) is 6.03. The van der Waals surface area contributed by atoms with Gasteiger partial charge in [0.15, 0.2) is 0 Å². The largest absolute Gasteiger partial charge is 0.508 e. The summed E-state index contributed by atoms with van der Waals surface area (Å²) < 4.78 is 0. The fourth-order valence-electron chi connectivity index (χ4n) is 1.79. The highest BCUT2D eigenvalue weighted by molar-refractivity contribution is 6.04. The first kappa shape index (κ1) is 13.1. The van der Waals surface area contributed by atoms with Crippen LogP contribution >= 0.6 is 0 Å². The predicted molar refractivity (Wildman–Crippen MR) is 75.3 cm³/mol. The molecule has 0 spiro atoms. The van der Waals surface area contributed by atoms with Crippen LogP contribution in [0.3, 0.4) is 0 Å². The number of hydrogen-bond acceptors (Lipinski definition) is 3. The molecule has 4 heteroatoms. The highest BCUT2D eigenvalue weighted by atomic mass is 16.3. The normalized spacial score (nSPS) is 10.2. The molecule has 0 saturated heterocycles. The first-order valence-corrected chi connectivity index (χ1v) is 6.03. The van der Waals surface area contributed by atoms with Gasteiger partial charge in [-0.15, -0.1) is 0 Å². The predicted octanol–water partition coefficient (Wildman–Crippen LogP) is 2.36. The lowest BCUT2D eigenvalue weighted by molar-refractivity contribution is 0.102. The van der Waals surface area contributed by atoms with Crippen LogP contribution < -0.4 is 10.6 Å². The van der Waals surface area contributed by atoms with Crippen molar-refractivity contribution in [3.05, 3.63) is 59.7 Å². The molecule has 0 atom stereocenters. The summed E-state index contributed by atoms with van der Waals surface area (Å²) in [5, 5.41) is 15.1. The van der Waals surface area contributed by atoms with Crippen molar-refractivity contribution in [3.63, 3.8) is 0 Å². The first-order chi connectivity index (χ1) is 9.20. The van der Waals surface area contributed by atoms with Gasteiger partial charge in [-0.05, 0) is 42.9 Å². The van der Waals surface area contributed by atoms with E-state index in [1.807, 2.05) is 31.3 Å². The summed E-state index contributed by atoms with van der Waals surface area (Å²) in [6.07, 6.45) is 0. The fraction of sp³-hybridized carbons (Fsp3) is 0.133. The Hall–Kier alpha value is -2.33. The van der Waals surface area contributed by atoms with Gasteiger partial charge in [-0.25, -0.2) is 0 Å². The van der Waals surface area contributed by atoms with Crippen LogP contribution in [-0.4, -0.2) is 18.1 Å². The van der Waals surface area contributed by atoms with Gasteiger partial charge in [-0.3, -0.25) is 4.79 Å². The second kappa shape index (κ2) is 6.02.